The number of ether oxygens (including phenoxy) is 2. The first kappa shape index (κ1) is 20.5. The van der Waals surface area contributed by atoms with E-state index in [1.807, 2.05) is 6.08 Å². The molecule has 4 heterocycles. The molecule has 1 aromatic heterocycles. The van der Waals surface area contributed by atoms with Crippen LogP contribution in [0.15, 0.2) is 41.1 Å². The Kier molecular flexibility index (Phi) is 5.30. The summed E-state index contributed by atoms with van der Waals surface area (Å²) in [5.74, 6) is -0.438. The summed E-state index contributed by atoms with van der Waals surface area (Å²) in [6, 6.07) is 6.07. The van der Waals surface area contributed by atoms with E-state index < -0.39 is 24.6 Å². The lowest BCUT2D eigenvalue weighted by Gasteiger charge is -2.34. The number of nitrogens with zero attached hydrogens (tertiary/aromatic N) is 3. The molecule has 9 nitrogen and oxygen atoms in total. The molecule has 1 N–H and O–H groups in total. The predicted molar refractivity (Wildman–Crippen MR) is 109 cm³/mol. The van der Waals surface area contributed by atoms with E-state index in [0.29, 0.717) is 23.6 Å². The molecule has 1 aromatic carbocycles. The summed E-state index contributed by atoms with van der Waals surface area (Å²) in [5, 5.41) is 12.8. The third kappa shape index (κ3) is 3.70. The molecule has 0 saturated carbocycles. The predicted octanol–water partition coefficient (Wildman–Crippen LogP) is 2.36. The van der Waals surface area contributed by atoms with Crippen molar-refractivity contribution in [2.45, 2.75) is 37.5 Å². The molecular weight excluding hydrogens is 421 g/mol. The van der Waals surface area contributed by atoms with Crippen LogP contribution in [0.5, 0.6) is 5.88 Å². The van der Waals surface area contributed by atoms with Gasteiger partial charge in [-0.1, -0.05) is 6.08 Å². The minimum Gasteiger partial charge on any atom is -0.471 e. The van der Waals surface area contributed by atoms with Crippen molar-refractivity contribution in [1.82, 2.24) is 10.1 Å². The second-order valence-electron chi connectivity index (χ2n) is 8.08. The second-order valence-corrected chi connectivity index (χ2v) is 8.08. The zero-order valence-electron chi connectivity index (χ0n) is 17.1. The van der Waals surface area contributed by atoms with Gasteiger partial charge in [0.1, 0.15) is 25.3 Å². The summed E-state index contributed by atoms with van der Waals surface area (Å²) < 4.78 is 30.5. The van der Waals surface area contributed by atoms with Gasteiger partial charge in [0.25, 0.3) is 5.88 Å². The molecule has 2 saturated heterocycles. The number of fused-ring (bicyclic) bond motifs is 2. The van der Waals surface area contributed by atoms with Crippen molar-refractivity contribution in [3.05, 3.63) is 48.0 Å². The normalized spacial score (nSPS) is 24.5. The number of benzene rings is 1. The molecule has 0 aliphatic carbocycles. The van der Waals surface area contributed by atoms with Crippen LogP contribution in [0.4, 0.5) is 14.9 Å². The number of hydrogen-bond acceptors (Lipinski definition) is 7. The molecule has 3 aliphatic rings. The molecule has 3 aliphatic heterocycles. The van der Waals surface area contributed by atoms with Gasteiger partial charge in [-0.15, -0.1) is 0 Å². The van der Waals surface area contributed by atoms with Crippen LogP contribution in [0.3, 0.4) is 0 Å². The van der Waals surface area contributed by atoms with Crippen molar-refractivity contribution < 1.29 is 33.1 Å². The van der Waals surface area contributed by atoms with E-state index in [1.54, 1.807) is 23.1 Å². The van der Waals surface area contributed by atoms with Crippen LogP contribution in [0.25, 0.3) is 5.57 Å². The van der Waals surface area contributed by atoms with Crippen molar-refractivity contribution in [1.29, 1.82) is 0 Å². The fraction of sp³-hybridized carbons (Fsp3) is 0.409. The molecule has 2 fully saturated rings. The summed E-state index contributed by atoms with van der Waals surface area (Å²) in [6.07, 6.45) is 4.36. The number of amides is 2. The molecule has 5 rings (SSSR count). The number of anilines is 1. The first-order chi connectivity index (χ1) is 15.5. The van der Waals surface area contributed by atoms with Crippen LogP contribution in [-0.4, -0.2) is 65.1 Å². The minimum atomic E-state index is -0.570. The monoisotopic (exact) mass is 443 g/mol. The highest BCUT2D eigenvalue weighted by atomic mass is 19.1. The Bertz CT molecular complexity index is 1060. The maximum atomic E-state index is 15.1. The maximum absolute atomic E-state index is 15.1. The van der Waals surface area contributed by atoms with Crippen LogP contribution in [-0.2, 0) is 9.53 Å². The topological polar surface area (TPSA) is 105 Å². The fourth-order valence-corrected chi connectivity index (χ4v) is 4.71. The first-order valence-corrected chi connectivity index (χ1v) is 10.5. The third-order valence-electron chi connectivity index (χ3n) is 6.13. The molecule has 2 amide bonds. The Morgan fingerprint density at radius 2 is 2.19 bits per heavy atom. The quantitative estimate of drug-likeness (QED) is 0.731. The lowest BCUT2D eigenvalue weighted by molar-refractivity contribution is -0.136. The molecule has 0 spiro atoms. The Balaban J connectivity index is 1.29. The Hall–Kier alpha value is -3.40. The number of hydrogen-bond donors (Lipinski definition) is 1. The van der Waals surface area contributed by atoms with Crippen molar-refractivity contribution >= 4 is 23.3 Å². The summed E-state index contributed by atoms with van der Waals surface area (Å²) in [5.41, 5.74) is 1.70. The summed E-state index contributed by atoms with van der Waals surface area (Å²) >= 11 is 0. The van der Waals surface area contributed by atoms with Crippen molar-refractivity contribution in [2.24, 2.45) is 0 Å². The lowest BCUT2D eigenvalue weighted by atomic mass is 9.94. The number of aliphatic hydroxyl groups is 1. The SMILES string of the molecule is O=C1OC(COc2ccon2)CN1c1ccc(C2=CC3CCC(C2)N3C(=O)CO)c(F)c1. The van der Waals surface area contributed by atoms with E-state index in [4.69, 9.17) is 9.47 Å². The average molecular weight is 443 g/mol. The van der Waals surface area contributed by atoms with Crippen molar-refractivity contribution in [3.8, 4) is 5.88 Å². The summed E-state index contributed by atoms with van der Waals surface area (Å²) in [4.78, 5) is 27.4. The average Bonchev–Trinajstić information content (AvgIpc) is 3.50. The van der Waals surface area contributed by atoms with Gasteiger partial charge in [-0.25, -0.2) is 9.18 Å². The van der Waals surface area contributed by atoms with Gasteiger partial charge in [-0.2, -0.15) is 0 Å². The van der Waals surface area contributed by atoms with Crippen LogP contribution >= 0.6 is 0 Å². The van der Waals surface area contributed by atoms with Gasteiger partial charge in [0, 0.05) is 17.7 Å². The van der Waals surface area contributed by atoms with Crippen LogP contribution in [0, 0.1) is 5.82 Å². The highest BCUT2D eigenvalue weighted by Gasteiger charge is 2.40. The van der Waals surface area contributed by atoms with Gasteiger partial charge in [0.2, 0.25) is 5.91 Å². The number of aliphatic hydroxyl groups excluding tert-OH is 1. The molecule has 2 bridgehead atoms. The fourth-order valence-electron chi connectivity index (χ4n) is 4.71. The van der Waals surface area contributed by atoms with Gasteiger partial charge in [0.15, 0.2) is 6.10 Å². The van der Waals surface area contributed by atoms with E-state index in [-0.39, 0.29) is 31.1 Å². The lowest BCUT2D eigenvalue weighted by Crippen LogP contribution is -2.44. The third-order valence-corrected chi connectivity index (χ3v) is 6.13. The number of aromatic nitrogens is 1. The zero-order chi connectivity index (χ0) is 22.2. The van der Waals surface area contributed by atoms with Crippen LogP contribution < -0.4 is 9.64 Å². The van der Waals surface area contributed by atoms with Crippen molar-refractivity contribution in [3.63, 3.8) is 0 Å². The maximum Gasteiger partial charge on any atom is 0.414 e. The Labute approximate surface area is 183 Å². The summed E-state index contributed by atoms with van der Waals surface area (Å²) in [7, 11) is 0. The second kappa shape index (κ2) is 8.27. The molecule has 32 heavy (non-hydrogen) atoms. The van der Waals surface area contributed by atoms with E-state index in [2.05, 4.69) is 9.68 Å². The summed E-state index contributed by atoms with van der Waals surface area (Å²) in [6.45, 7) is -0.190. The van der Waals surface area contributed by atoms with E-state index in [9.17, 15) is 14.7 Å². The van der Waals surface area contributed by atoms with Crippen LogP contribution in [0.1, 0.15) is 24.8 Å². The standard InChI is InChI=1S/C22H22FN3O6/c23-19-9-14(25-10-17(32-22(25)29)12-30-20-5-6-31-24-20)3-4-18(19)13-7-15-1-2-16(8-13)26(15)21(28)11-27/h3-7,9,15-17,27H,1-2,8,10-12H2. The molecule has 3 unspecified atom stereocenters. The van der Waals surface area contributed by atoms with E-state index in [1.165, 1.54) is 17.2 Å². The van der Waals surface area contributed by atoms with Crippen LogP contribution in [0.2, 0.25) is 0 Å². The number of halogens is 1. The van der Waals surface area contributed by atoms with E-state index in [0.717, 1.165) is 18.4 Å². The molecule has 168 valence electrons. The number of cyclic esters (lactones) is 1. The number of carbonyl (C=O) groups is 2. The highest BCUT2D eigenvalue weighted by Crippen LogP contribution is 2.39. The number of rotatable bonds is 6. The molecule has 3 atom stereocenters. The molecule has 2 aromatic rings. The van der Waals surface area contributed by atoms with Gasteiger partial charge in [-0.3, -0.25) is 9.69 Å². The number of carbonyl (C=O) groups excluding carboxylic acids is 2. The Morgan fingerprint density at radius 1 is 1.31 bits per heavy atom. The first-order valence-electron chi connectivity index (χ1n) is 10.5. The minimum absolute atomic E-state index is 0.0299. The smallest absolute Gasteiger partial charge is 0.414 e. The van der Waals surface area contributed by atoms with Crippen molar-refractivity contribution in [2.75, 3.05) is 24.7 Å². The van der Waals surface area contributed by atoms with Gasteiger partial charge in [-0.05, 0) is 48.2 Å². The Morgan fingerprint density at radius 3 is 2.91 bits per heavy atom. The zero-order valence-corrected chi connectivity index (χ0v) is 17.1. The van der Waals surface area contributed by atoms with Gasteiger partial charge in [0.05, 0.1) is 18.3 Å². The molecular formula is C22H22FN3O6. The molecule has 10 heteroatoms. The molecule has 0 radical (unpaired) electrons. The van der Waals surface area contributed by atoms with Gasteiger partial charge >= 0.3 is 6.09 Å². The largest absolute Gasteiger partial charge is 0.471 e. The highest BCUT2D eigenvalue weighted by molar-refractivity contribution is 5.90. The van der Waals surface area contributed by atoms with Gasteiger partial charge < -0.3 is 24.0 Å². The van der Waals surface area contributed by atoms with E-state index >= 15 is 4.39 Å².